The van der Waals surface area contributed by atoms with E-state index in [2.05, 4.69) is 16.0 Å². The number of carbonyl (C=O) groups excluding carboxylic acids is 3. The fourth-order valence-electron chi connectivity index (χ4n) is 4.03. The van der Waals surface area contributed by atoms with E-state index >= 15 is 0 Å². The lowest BCUT2D eigenvalue weighted by molar-refractivity contribution is -0.130. The normalized spacial score (nSPS) is 22.8. The summed E-state index contributed by atoms with van der Waals surface area (Å²) in [6.07, 6.45) is 0.980. The summed E-state index contributed by atoms with van der Waals surface area (Å²) >= 11 is 0. The first-order valence-corrected chi connectivity index (χ1v) is 10.5. The Labute approximate surface area is 180 Å². The van der Waals surface area contributed by atoms with Crippen LogP contribution >= 0.6 is 0 Å². The van der Waals surface area contributed by atoms with Crippen LogP contribution in [0.1, 0.15) is 36.9 Å². The van der Waals surface area contributed by atoms with E-state index < -0.39 is 36.1 Å². The van der Waals surface area contributed by atoms with E-state index in [1.54, 1.807) is 0 Å². The monoisotopic (exact) mass is 422 g/mol. The zero-order valence-electron chi connectivity index (χ0n) is 17.3. The number of hydrogen-bond donors (Lipinski definition) is 3. The van der Waals surface area contributed by atoms with Crippen LogP contribution < -0.4 is 20.7 Å². The van der Waals surface area contributed by atoms with Gasteiger partial charge in [0.1, 0.15) is 24.4 Å². The number of hydrogen-bond acceptors (Lipinski definition) is 4. The van der Waals surface area contributed by atoms with Crippen molar-refractivity contribution in [2.24, 2.45) is 5.92 Å². The summed E-state index contributed by atoms with van der Waals surface area (Å²) in [5.41, 5.74) is 1.79. The van der Waals surface area contributed by atoms with E-state index in [9.17, 15) is 14.4 Å². The van der Waals surface area contributed by atoms with Gasteiger partial charge in [-0.3, -0.25) is 10.1 Å². The number of fused-ring (bicyclic) bond motifs is 1. The van der Waals surface area contributed by atoms with Crippen LogP contribution in [0.25, 0.3) is 0 Å². The molecule has 2 aliphatic heterocycles. The Morgan fingerprint density at radius 2 is 1.81 bits per heavy atom. The van der Waals surface area contributed by atoms with Crippen LogP contribution in [-0.4, -0.2) is 35.6 Å². The number of nitrogens with zero attached hydrogens (tertiary/aromatic N) is 1. The maximum Gasteiger partial charge on any atom is 0.325 e. The SMILES string of the molecule is CCCCN1C(=O)NC(=O)C2C(c3cccc(OCc4ccccc4)c3)NC(=O)NC21. The summed E-state index contributed by atoms with van der Waals surface area (Å²) in [7, 11) is 0. The second-order valence-electron chi connectivity index (χ2n) is 7.75. The fraction of sp³-hybridized carbons (Fsp3) is 0.348. The fourth-order valence-corrected chi connectivity index (χ4v) is 4.03. The van der Waals surface area contributed by atoms with E-state index in [0.29, 0.717) is 18.9 Å². The van der Waals surface area contributed by atoms with Crippen LogP contribution in [0, 0.1) is 5.92 Å². The van der Waals surface area contributed by atoms with Gasteiger partial charge in [-0.2, -0.15) is 0 Å². The number of unbranched alkanes of at least 4 members (excludes halogenated alkanes) is 1. The van der Waals surface area contributed by atoms with Crippen LogP contribution in [0.3, 0.4) is 0 Å². The minimum atomic E-state index is -0.694. The molecule has 0 bridgehead atoms. The van der Waals surface area contributed by atoms with Crippen LogP contribution in [-0.2, 0) is 11.4 Å². The summed E-state index contributed by atoms with van der Waals surface area (Å²) < 4.78 is 5.91. The Morgan fingerprint density at radius 1 is 1.00 bits per heavy atom. The smallest absolute Gasteiger partial charge is 0.325 e. The highest BCUT2D eigenvalue weighted by Crippen LogP contribution is 2.33. The Morgan fingerprint density at radius 3 is 2.58 bits per heavy atom. The molecule has 2 aromatic carbocycles. The summed E-state index contributed by atoms with van der Waals surface area (Å²) in [4.78, 5) is 39.1. The molecule has 2 aromatic rings. The Hall–Kier alpha value is -3.55. The maximum atomic E-state index is 12.8. The summed E-state index contributed by atoms with van der Waals surface area (Å²) in [5.74, 6) is -0.423. The number of nitrogens with one attached hydrogen (secondary N) is 3. The van der Waals surface area contributed by atoms with E-state index in [1.165, 1.54) is 4.90 Å². The van der Waals surface area contributed by atoms with Gasteiger partial charge in [0.2, 0.25) is 5.91 Å². The highest BCUT2D eigenvalue weighted by molar-refractivity contribution is 6.00. The van der Waals surface area contributed by atoms with Crippen molar-refractivity contribution in [2.75, 3.05) is 6.54 Å². The molecule has 2 heterocycles. The van der Waals surface area contributed by atoms with Crippen LogP contribution in [0.4, 0.5) is 9.59 Å². The Balaban J connectivity index is 1.57. The lowest BCUT2D eigenvalue weighted by Gasteiger charge is -2.46. The van der Waals surface area contributed by atoms with E-state index in [-0.39, 0.29) is 0 Å². The molecule has 2 saturated heterocycles. The molecular weight excluding hydrogens is 396 g/mol. The van der Waals surface area contributed by atoms with Crippen LogP contribution in [0.2, 0.25) is 0 Å². The van der Waals surface area contributed by atoms with Crippen LogP contribution in [0.15, 0.2) is 54.6 Å². The second-order valence-corrected chi connectivity index (χ2v) is 7.75. The lowest BCUT2D eigenvalue weighted by atomic mass is 9.86. The third-order valence-corrected chi connectivity index (χ3v) is 5.61. The molecule has 0 spiro atoms. The molecule has 0 aliphatic carbocycles. The van der Waals surface area contributed by atoms with Gasteiger partial charge in [0.15, 0.2) is 0 Å². The van der Waals surface area contributed by atoms with Crippen molar-refractivity contribution in [3.63, 3.8) is 0 Å². The standard InChI is InChI=1S/C23H26N4O4/c1-2-3-12-27-20-18(21(28)26-23(27)30)19(24-22(29)25-20)16-10-7-11-17(13-16)31-14-15-8-5-4-6-9-15/h4-11,13,18-20H,2-3,12,14H2,1H3,(H2,24,25,29)(H,26,28,30). The van der Waals surface area contributed by atoms with Crippen molar-refractivity contribution >= 4 is 18.0 Å². The first-order valence-electron chi connectivity index (χ1n) is 10.5. The van der Waals surface area contributed by atoms with Crippen LogP contribution in [0.5, 0.6) is 5.75 Å². The van der Waals surface area contributed by atoms with Gasteiger partial charge < -0.3 is 20.3 Å². The van der Waals surface area contributed by atoms with E-state index in [4.69, 9.17) is 4.74 Å². The van der Waals surface area contributed by atoms with Gasteiger partial charge in [0.05, 0.1) is 6.04 Å². The topological polar surface area (TPSA) is 99.8 Å². The van der Waals surface area contributed by atoms with Gasteiger partial charge in [0, 0.05) is 6.54 Å². The van der Waals surface area contributed by atoms with Gasteiger partial charge in [-0.1, -0.05) is 55.8 Å². The number of amides is 5. The third kappa shape index (κ3) is 4.47. The molecule has 0 aromatic heterocycles. The molecule has 4 rings (SSSR count). The number of rotatable bonds is 7. The first kappa shape index (κ1) is 20.7. The second kappa shape index (κ2) is 9.07. The maximum absolute atomic E-state index is 12.8. The van der Waals surface area contributed by atoms with Gasteiger partial charge in [-0.25, -0.2) is 9.59 Å². The van der Waals surface area contributed by atoms with E-state index in [0.717, 1.165) is 24.0 Å². The molecule has 0 saturated carbocycles. The minimum absolute atomic E-state index is 0.407. The highest BCUT2D eigenvalue weighted by Gasteiger charge is 2.49. The number of imide groups is 1. The van der Waals surface area contributed by atoms with Crippen molar-refractivity contribution < 1.29 is 19.1 Å². The van der Waals surface area contributed by atoms with Crippen molar-refractivity contribution in [2.45, 2.75) is 38.6 Å². The van der Waals surface area contributed by atoms with Crippen molar-refractivity contribution in [3.8, 4) is 5.75 Å². The molecule has 3 atom stereocenters. The van der Waals surface area contributed by atoms with Gasteiger partial charge in [-0.05, 0) is 29.7 Å². The molecule has 162 valence electrons. The molecule has 3 N–H and O–H groups in total. The number of carbonyl (C=O) groups is 3. The van der Waals surface area contributed by atoms with Crippen molar-refractivity contribution in [1.82, 2.24) is 20.9 Å². The number of ether oxygens (including phenoxy) is 1. The van der Waals surface area contributed by atoms with E-state index in [1.807, 2.05) is 61.5 Å². The number of urea groups is 2. The largest absolute Gasteiger partial charge is 0.489 e. The molecule has 0 radical (unpaired) electrons. The molecule has 2 aliphatic rings. The van der Waals surface area contributed by atoms with Gasteiger partial charge in [0.25, 0.3) is 0 Å². The highest BCUT2D eigenvalue weighted by atomic mass is 16.5. The lowest BCUT2D eigenvalue weighted by Crippen LogP contribution is -2.72. The quantitative estimate of drug-likeness (QED) is 0.639. The molecule has 5 amide bonds. The predicted octanol–water partition coefficient (Wildman–Crippen LogP) is 2.91. The summed E-state index contributed by atoms with van der Waals surface area (Å²) in [6, 6.07) is 15.7. The molecule has 3 unspecified atom stereocenters. The van der Waals surface area contributed by atoms with Gasteiger partial charge >= 0.3 is 12.1 Å². The summed E-state index contributed by atoms with van der Waals surface area (Å²) in [6.45, 7) is 2.90. The average Bonchev–Trinajstić information content (AvgIpc) is 2.78. The number of benzene rings is 2. The van der Waals surface area contributed by atoms with Crippen molar-refractivity contribution in [3.05, 3.63) is 65.7 Å². The molecule has 8 nitrogen and oxygen atoms in total. The molecule has 2 fully saturated rings. The molecular formula is C23H26N4O4. The minimum Gasteiger partial charge on any atom is -0.489 e. The zero-order valence-corrected chi connectivity index (χ0v) is 17.3. The first-order chi connectivity index (χ1) is 15.1. The predicted molar refractivity (Wildman–Crippen MR) is 114 cm³/mol. The third-order valence-electron chi connectivity index (χ3n) is 5.61. The van der Waals surface area contributed by atoms with Crippen molar-refractivity contribution in [1.29, 1.82) is 0 Å². The molecule has 8 heteroatoms. The molecule has 31 heavy (non-hydrogen) atoms. The Bertz CT molecular complexity index is 965. The summed E-state index contributed by atoms with van der Waals surface area (Å²) in [5, 5.41) is 8.05. The Kier molecular flexibility index (Phi) is 6.06. The zero-order chi connectivity index (χ0) is 21.8. The average molecular weight is 422 g/mol. The van der Waals surface area contributed by atoms with Gasteiger partial charge in [-0.15, -0.1) is 0 Å².